The van der Waals surface area contributed by atoms with Crippen LogP contribution in [0.5, 0.6) is 0 Å². The van der Waals surface area contributed by atoms with E-state index in [2.05, 4.69) is 31.0 Å². The average molecular weight is 264 g/mol. The Kier molecular flexibility index (Phi) is 3.55. The van der Waals surface area contributed by atoms with Crippen LogP contribution in [0.1, 0.15) is 25.8 Å². The van der Waals surface area contributed by atoms with E-state index in [1.165, 1.54) is 12.0 Å². The Hall–Kier alpha value is -2.09. The highest BCUT2D eigenvalue weighted by molar-refractivity contribution is 5.79. The molecule has 101 valence electrons. The zero-order chi connectivity index (χ0) is 13.9. The van der Waals surface area contributed by atoms with E-state index in [1.54, 1.807) is 0 Å². The summed E-state index contributed by atoms with van der Waals surface area (Å²) in [6.45, 7) is 4.49. The molecule has 3 aromatic rings. The second-order valence-corrected chi connectivity index (χ2v) is 5.49. The van der Waals surface area contributed by atoms with Gasteiger partial charge in [0.15, 0.2) is 5.58 Å². The molecule has 0 aliphatic heterocycles. The first kappa shape index (κ1) is 12.9. The van der Waals surface area contributed by atoms with Gasteiger partial charge in [-0.2, -0.15) is 0 Å². The van der Waals surface area contributed by atoms with Crippen LogP contribution in [0.3, 0.4) is 0 Å². The zero-order valence-electron chi connectivity index (χ0n) is 11.9. The molecule has 0 N–H and O–H groups in total. The minimum atomic E-state index is 0.651. The zero-order valence-corrected chi connectivity index (χ0v) is 11.9. The highest BCUT2D eigenvalue weighted by atomic mass is 16.3. The van der Waals surface area contributed by atoms with Gasteiger partial charge < -0.3 is 4.42 Å². The number of aryl methyl sites for hydroxylation is 1. The molecule has 0 aliphatic rings. The van der Waals surface area contributed by atoms with Crippen LogP contribution in [0, 0.1) is 12.0 Å². The number of hydrogen-bond donors (Lipinski definition) is 0. The smallest absolute Gasteiger partial charge is 0.227 e. The fraction of sp³-hybridized carbons (Fsp3) is 0.278. The van der Waals surface area contributed by atoms with Crippen molar-refractivity contribution in [1.29, 1.82) is 0 Å². The van der Waals surface area contributed by atoms with Crippen LogP contribution in [0.4, 0.5) is 0 Å². The van der Waals surface area contributed by atoms with Gasteiger partial charge in [0.25, 0.3) is 0 Å². The second kappa shape index (κ2) is 5.49. The number of fused-ring (bicyclic) bond motifs is 1. The van der Waals surface area contributed by atoms with Gasteiger partial charge in [0, 0.05) is 5.56 Å². The Labute approximate surface area is 119 Å². The quantitative estimate of drug-likeness (QED) is 0.671. The Morgan fingerprint density at radius 1 is 1.15 bits per heavy atom. The van der Waals surface area contributed by atoms with Crippen molar-refractivity contribution >= 4 is 11.1 Å². The predicted octanol–water partition coefficient (Wildman–Crippen LogP) is 4.88. The standard InChI is InChI=1S/C18H18NO/c1-13(2)11-12-14-9-6-10-16-17(14)19-18(20-16)15-7-4-3-5-8-15/h3-7,9-10,13H,11-12H2,1-2H3. The van der Waals surface area contributed by atoms with E-state index >= 15 is 0 Å². The summed E-state index contributed by atoms with van der Waals surface area (Å²) in [6.07, 6.45) is 2.21. The van der Waals surface area contributed by atoms with Crippen LogP contribution in [0.25, 0.3) is 22.6 Å². The molecule has 0 unspecified atom stereocenters. The first-order valence-corrected chi connectivity index (χ1v) is 7.09. The van der Waals surface area contributed by atoms with Gasteiger partial charge >= 0.3 is 0 Å². The highest BCUT2D eigenvalue weighted by Crippen LogP contribution is 2.26. The lowest BCUT2D eigenvalue weighted by atomic mass is 10.0. The Morgan fingerprint density at radius 3 is 2.80 bits per heavy atom. The molecule has 0 atom stereocenters. The summed E-state index contributed by atoms with van der Waals surface area (Å²) in [6, 6.07) is 17.1. The second-order valence-electron chi connectivity index (χ2n) is 5.49. The van der Waals surface area contributed by atoms with E-state index in [4.69, 9.17) is 4.42 Å². The molecule has 0 fully saturated rings. The van der Waals surface area contributed by atoms with Crippen molar-refractivity contribution in [3.63, 3.8) is 0 Å². The number of nitrogens with zero attached hydrogens (tertiary/aromatic N) is 1. The molecule has 0 saturated heterocycles. The number of benzene rings is 2. The summed E-state index contributed by atoms with van der Waals surface area (Å²) in [7, 11) is 0. The van der Waals surface area contributed by atoms with Crippen molar-refractivity contribution < 1.29 is 4.42 Å². The summed E-state index contributed by atoms with van der Waals surface area (Å²) in [4.78, 5) is 4.66. The van der Waals surface area contributed by atoms with Crippen molar-refractivity contribution in [3.05, 3.63) is 54.1 Å². The molecule has 0 aliphatic carbocycles. The average Bonchev–Trinajstić information content (AvgIpc) is 2.90. The molecule has 0 amide bonds. The Balaban J connectivity index is 2.00. The topological polar surface area (TPSA) is 26.0 Å². The Bertz CT molecular complexity index is 698. The third-order valence-electron chi connectivity index (χ3n) is 3.43. The molecule has 2 nitrogen and oxygen atoms in total. The van der Waals surface area contributed by atoms with Gasteiger partial charge in [0.1, 0.15) is 5.52 Å². The van der Waals surface area contributed by atoms with Crippen LogP contribution in [-0.2, 0) is 6.42 Å². The fourth-order valence-corrected chi connectivity index (χ4v) is 2.29. The van der Waals surface area contributed by atoms with Crippen LogP contribution in [0.15, 0.2) is 46.9 Å². The molecule has 20 heavy (non-hydrogen) atoms. The van der Waals surface area contributed by atoms with Crippen molar-refractivity contribution in [1.82, 2.24) is 4.98 Å². The minimum absolute atomic E-state index is 0.651. The van der Waals surface area contributed by atoms with Crippen molar-refractivity contribution in [3.8, 4) is 11.5 Å². The summed E-state index contributed by atoms with van der Waals surface area (Å²) in [5, 5.41) is 0. The van der Waals surface area contributed by atoms with Gasteiger partial charge in [0.2, 0.25) is 5.89 Å². The van der Waals surface area contributed by atoms with Gasteiger partial charge in [-0.15, -0.1) is 0 Å². The molecule has 1 radical (unpaired) electrons. The van der Waals surface area contributed by atoms with Gasteiger partial charge in [0.05, 0.1) is 0 Å². The third kappa shape index (κ3) is 2.60. The summed E-state index contributed by atoms with van der Waals surface area (Å²) in [5.74, 6) is 1.34. The molecule has 0 saturated carbocycles. The summed E-state index contributed by atoms with van der Waals surface area (Å²) < 4.78 is 5.86. The van der Waals surface area contributed by atoms with E-state index in [-0.39, 0.29) is 0 Å². The van der Waals surface area contributed by atoms with E-state index in [1.807, 2.05) is 36.4 Å². The van der Waals surface area contributed by atoms with Crippen LogP contribution in [-0.4, -0.2) is 4.98 Å². The normalized spacial score (nSPS) is 11.3. The van der Waals surface area contributed by atoms with Crippen molar-refractivity contribution in [2.24, 2.45) is 5.92 Å². The van der Waals surface area contributed by atoms with Gasteiger partial charge in [-0.05, 0) is 42.5 Å². The van der Waals surface area contributed by atoms with Crippen molar-refractivity contribution in [2.75, 3.05) is 0 Å². The van der Waals surface area contributed by atoms with E-state index in [9.17, 15) is 0 Å². The predicted molar refractivity (Wildman–Crippen MR) is 81.4 cm³/mol. The van der Waals surface area contributed by atoms with Crippen LogP contribution < -0.4 is 0 Å². The number of hydrogen-bond acceptors (Lipinski definition) is 2. The SMILES string of the molecule is CC(C)CCc1cccc2oc(-c3[c]cccc3)nc12. The van der Waals surface area contributed by atoms with Crippen molar-refractivity contribution in [2.45, 2.75) is 26.7 Å². The van der Waals surface area contributed by atoms with Gasteiger partial charge in [-0.3, -0.25) is 0 Å². The lowest BCUT2D eigenvalue weighted by Crippen LogP contribution is -1.93. The molecule has 0 bridgehead atoms. The lowest BCUT2D eigenvalue weighted by molar-refractivity contribution is 0.587. The molecular formula is C18H18NO. The molecular weight excluding hydrogens is 246 g/mol. The number of oxazole rings is 1. The molecule has 2 heteroatoms. The number of rotatable bonds is 4. The molecule has 3 rings (SSSR count). The Morgan fingerprint density at radius 2 is 2.05 bits per heavy atom. The first-order valence-electron chi connectivity index (χ1n) is 7.09. The van der Waals surface area contributed by atoms with Gasteiger partial charge in [-0.25, -0.2) is 4.98 Å². The summed E-state index contributed by atoms with van der Waals surface area (Å²) >= 11 is 0. The monoisotopic (exact) mass is 264 g/mol. The number of aromatic nitrogens is 1. The molecule has 2 aromatic carbocycles. The number of para-hydroxylation sites is 1. The van der Waals surface area contributed by atoms with Crippen LogP contribution in [0.2, 0.25) is 0 Å². The molecule has 1 heterocycles. The van der Waals surface area contributed by atoms with E-state index in [0.29, 0.717) is 11.8 Å². The van der Waals surface area contributed by atoms with Crippen LogP contribution >= 0.6 is 0 Å². The third-order valence-corrected chi connectivity index (χ3v) is 3.43. The maximum Gasteiger partial charge on any atom is 0.227 e. The first-order chi connectivity index (χ1) is 9.74. The van der Waals surface area contributed by atoms with E-state index in [0.717, 1.165) is 23.1 Å². The maximum absolute atomic E-state index is 5.86. The summed E-state index contributed by atoms with van der Waals surface area (Å²) in [5.41, 5.74) is 4.01. The molecule has 0 spiro atoms. The molecule has 1 aromatic heterocycles. The maximum atomic E-state index is 5.86. The van der Waals surface area contributed by atoms with E-state index < -0.39 is 0 Å². The highest BCUT2D eigenvalue weighted by Gasteiger charge is 2.11. The van der Waals surface area contributed by atoms with Gasteiger partial charge in [-0.1, -0.05) is 44.2 Å². The fourth-order valence-electron chi connectivity index (χ4n) is 2.29. The minimum Gasteiger partial charge on any atom is -0.436 e. The largest absolute Gasteiger partial charge is 0.436 e. The lowest BCUT2D eigenvalue weighted by Gasteiger charge is -2.04.